The third-order valence-electron chi connectivity index (χ3n) is 11.5. The summed E-state index contributed by atoms with van der Waals surface area (Å²) in [5.74, 6) is 1.86. The van der Waals surface area contributed by atoms with E-state index in [-0.39, 0.29) is 12.3 Å². The van der Waals surface area contributed by atoms with Crippen molar-refractivity contribution < 1.29 is 9.47 Å². The first-order valence-corrected chi connectivity index (χ1v) is 17.1. The molecule has 4 aromatic carbocycles. The van der Waals surface area contributed by atoms with Crippen LogP contribution >= 0.6 is 0 Å². The van der Waals surface area contributed by atoms with Crippen LogP contribution in [0.3, 0.4) is 0 Å². The second-order valence-corrected chi connectivity index (χ2v) is 13.7. The molecule has 6 atom stereocenters. The van der Waals surface area contributed by atoms with Gasteiger partial charge in [0, 0.05) is 46.7 Å². The smallest absolute Gasteiger partial charge is 0.391 e. The lowest BCUT2D eigenvalue weighted by Gasteiger charge is -2.57. The summed E-state index contributed by atoms with van der Waals surface area (Å²) in [6, 6.07) is 40.0. The summed E-state index contributed by atoms with van der Waals surface area (Å²) in [4.78, 5) is 10.8. The molecule has 0 amide bonds. The molecule has 4 aromatic rings. The molecule has 2 aliphatic carbocycles. The Labute approximate surface area is 265 Å². The third-order valence-corrected chi connectivity index (χ3v) is 11.5. The van der Waals surface area contributed by atoms with Crippen molar-refractivity contribution in [1.82, 2.24) is 9.80 Å². The van der Waals surface area contributed by atoms with E-state index in [4.69, 9.17) is 9.47 Å². The van der Waals surface area contributed by atoms with Crippen LogP contribution in [0.4, 0.5) is 11.4 Å². The first kappa shape index (κ1) is 26.2. The van der Waals surface area contributed by atoms with Crippen LogP contribution in [-0.2, 0) is 0 Å². The number of hydrogen-bond donors (Lipinski definition) is 0. The minimum atomic E-state index is -1.08. The second kappa shape index (κ2) is 10.0. The van der Waals surface area contributed by atoms with E-state index in [1.807, 2.05) is 0 Å². The van der Waals surface area contributed by atoms with Gasteiger partial charge in [0.15, 0.2) is 0 Å². The number of benzene rings is 4. The molecule has 0 aromatic heterocycles. The Morgan fingerprint density at radius 3 is 1.27 bits per heavy atom. The Bertz CT molecular complexity index is 1590. The fourth-order valence-electron chi connectivity index (χ4n) is 9.89. The van der Waals surface area contributed by atoms with E-state index in [1.165, 1.54) is 61.0 Å². The van der Waals surface area contributed by atoms with Crippen molar-refractivity contribution in [2.45, 2.75) is 93.9 Å². The molecule has 228 valence electrons. The van der Waals surface area contributed by atoms with Crippen molar-refractivity contribution in [3.63, 3.8) is 0 Å². The van der Waals surface area contributed by atoms with Gasteiger partial charge in [-0.2, -0.15) is 9.80 Å². The standard InChI is InChI=1S/C39H40N4O2/c1-3-15-27(16-4-1)40-31-21-9-11-23-33(31)42-37(40)29-19-7-13-25-35(29)44-39(42)43-34-24-12-10-22-32(34)41(28-17-5-2-6-18-28)38(43)30-20-8-14-26-36(30)45-39/h1-8,13-20,25-26,31-34,37-38H,9-12,21-24H2. The summed E-state index contributed by atoms with van der Waals surface area (Å²) in [6.07, 6.45) is 9.59. The first-order valence-electron chi connectivity index (χ1n) is 17.1. The fourth-order valence-corrected chi connectivity index (χ4v) is 9.89. The number of anilines is 2. The maximum Gasteiger partial charge on any atom is 0.391 e. The van der Waals surface area contributed by atoms with Crippen molar-refractivity contribution in [3.05, 3.63) is 120 Å². The Kier molecular flexibility index (Phi) is 5.83. The normalized spacial score (nSPS) is 33.2. The molecule has 4 heterocycles. The van der Waals surface area contributed by atoms with Gasteiger partial charge in [-0.15, -0.1) is 0 Å². The zero-order valence-electron chi connectivity index (χ0n) is 25.6. The molecule has 0 radical (unpaired) electrons. The van der Waals surface area contributed by atoms with Crippen LogP contribution in [0.15, 0.2) is 109 Å². The number of fused-ring (bicyclic) bond motifs is 12. The summed E-state index contributed by atoms with van der Waals surface area (Å²) in [5.41, 5.74) is 5.04. The lowest BCUT2D eigenvalue weighted by atomic mass is 9.89. The molecule has 4 fully saturated rings. The summed E-state index contributed by atoms with van der Waals surface area (Å²) < 4.78 is 15.0. The third kappa shape index (κ3) is 3.64. The highest BCUT2D eigenvalue weighted by Gasteiger charge is 2.71. The average Bonchev–Trinajstić information content (AvgIpc) is 3.65. The summed E-state index contributed by atoms with van der Waals surface area (Å²) in [5, 5.41) is 0. The highest BCUT2D eigenvalue weighted by atomic mass is 16.8. The monoisotopic (exact) mass is 596 g/mol. The molecule has 2 saturated heterocycles. The van der Waals surface area contributed by atoms with Crippen LogP contribution in [0.1, 0.15) is 74.8 Å². The predicted molar refractivity (Wildman–Crippen MR) is 176 cm³/mol. The molecule has 45 heavy (non-hydrogen) atoms. The van der Waals surface area contributed by atoms with E-state index >= 15 is 0 Å². The molecule has 4 aliphatic heterocycles. The van der Waals surface area contributed by atoms with E-state index in [2.05, 4.69) is 129 Å². The lowest BCUT2D eigenvalue weighted by Crippen LogP contribution is -2.74. The van der Waals surface area contributed by atoms with Crippen molar-refractivity contribution >= 4 is 11.4 Å². The number of ether oxygens (including phenoxy) is 2. The topological polar surface area (TPSA) is 31.4 Å². The van der Waals surface area contributed by atoms with Gasteiger partial charge in [0.05, 0.1) is 0 Å². The molecular formula is C39H40N4O2. The number of para-hydroxylation sites is 4. The molecule has 0 N–H and O–H groups in total. The van der Waals surface area contributed by atoms with Gasteiger partial charge in [-0.05, 0) is 62.1 Å². The first-order chi connectivity index (χ1) is 22.3. The van der Waals surface area contributed by atoms with Gasteiger partial charge >= 0.3 is 6.03 Å². The SMILES string of the molecule is c1ccc(N2C3CCCCC3N3C2c2ccccc2OC32Oc3ccccc3C3N(c4ccccc4)C4CCCCC4N32)cc1. The molecule has 10 rings (SSSR count). The van der Waals surface area contributed by atoms with Gasteiger partial charge in [-0.25, -0.2) is 0 Å². The largest absolute Gasteiger partial charge is 0.426 e. The average molecular weight is 597 g/mol. The van der Waals surface area contributed by atoms with Crippen molar-refractivity contribution in [2.24, 2.45) is 0 Å². The number of rotatable bonds is 2. The number of hydrogen-bond acceptors (Lipinski definition) is 6. The molecule has 6 unspecified atom stereocenters. The minimum Gasteiger partial charge on any atom is -0.426 e. The Balaban J connectivity index is 1.24. The van der Waals surface area contributed by atoms with Gasteiger partial charge in [0.25, 0.3) is 0 Å². The highest BCUT2D eigenvalue weighted by Crippen LogP contribution is 2.61. The summed E-state index contributed by atoms with van der Waals surface area (Å²) >= 11 is 0. The van der Waals surface area contributed by atoms with Crippen molar-refractivity contribution in [1.29, 1.82) is 0 Å². The molecule has 6 aliphatic rings. The van der Waals surface area contributed by atoms with Crippen LogP contribution in [0.5, 0.6) is 11.5 Å². The maximum atomic E-state index is 7.49. The number of nitrogens with zero attached hydrogens (tertiary/aromatic N) is 4. The van der Waals surface area contributed by atoms with Crippen LogP contribution in [0.25, 0.3) is 0 Å². The minimum absolute atomic E-state index is 0.00387. The van der Waals surface area contributed by atoms with Crippen LogP contribution < -0.4 is 19.3 Å². The molecule has 6 heteroatoms. The predicted octanol–water partition coefficient (Wildman–Crippen LogP) is 8.05. The fraction of sp³-hybridized carbons (Fsp3) is 0.385. The van der Waals surface area contributed by atoms with E-state index in [9.17, 15) is 0 Å². The highest BCUT2D eigenvalue weighted by molar-refractivity contribution is 5.58. The van der Waals surface area contributed by atoms with Gasteiger partial charge in [-0.3, -0.25) is 0 Å². The molecule has 2 saturated carbocycles. The quantitative estimate of drug-likeness (QED) is 0.233. The van der Waals surface area contributed by atoms with Crippen LogP contribution in [-0.4, -0.2) is 40.0 Å². The van der Waals surface area contributed by atoms with Gasteiger partial charge in [0.1, 0.15) is 23.8 Å². The van der Waals surface area contributed by atoms with Gasteiger partial charge < -0.3 is 19.3 Å². The lowest BCUT2D eigenvalue weighted by molar-refractivity contribution is -0.356. The molecule has 6 nitrogen and oxygen atoms in total. The van der Waals surface area contributed by atoms with E-state index in [0.717, 1.165) is 24.3 Å². The molecule has 0 bridgehead atoms. The second-order valence-electron chi connectivity index (χ2n) is 13.7. The van der Waals surface area contributed by atoms with Crippen molar-refractivity contribution in [3.8, 4) is 11.5 Å². The summed E-state index contributed by atoms with van der Waals surface area (Å²) in [7, 11) is 0. The zero-order valence-corrected chi connectivity index (χ0v) is 25.6. The Morgan fingerprint density at radius 2 is 0.822 bits per heavy atom. The van der Waals surface area contributed by atoms with Crippen LogP contribution in [0.2, 0.25) is 0 Å². The Morgan fingerprint density at radius 1 is 0.444 bits per heavy atom. The van der Waals surface area contributed by atoms with E-state index in [0.29, 0.717) is 24.2 Å². The maximum absolute atomic E-state index is 7.49. The molecule has 1 spiro atoms. The van der Waals surface area contributed by atoms with Gasteiger partial charge in [0.2, 0.25) is 0 Å². The Hall–Kier alpha value is -4.00. The van der Waals surface area contributed by atoms with E-state index in [1.54, 1.807) is 0 Å². The van der Waals surface area contributed by atoms with Gasteiger partial charge in [-0.1, -0.05) is 98.5 Å². The van der Waals surface area contributed by atoms with Crippen molar-refractivity contribution in [2.75, 3.05) is 9.80 Å². The summed E-state index contributed by atoms with van der Waals surface area (Å²) in [6.45, 7) is 0. The van der Waals surface area contributed by atoms with E-state index < -0.39 is 6.03 Å². The van der Waals surface area contributed by atoms with Crippen LogP contribution in [0, 0.1) is 0 Å². The molecular weight excluding hydrogens is 556 g/mol. The zero-order chi connectivity index (χ0) is 29.5.